The summed E-state index contributed by atoms with van der Waals surface area (Å²) in [5.41, 5.74) is 5.06. The second-order valence-corrected chi connectivity index (χ2v) is 9.57. The number of rotatable bonds is 7. The molecule has 2 aromatic carbocycles. The van der Waals surface area contributed by atoms with Gasteiger partial charge in [-0.15, -0.1) is 0 Å². The van der Waals surface area contributed by atoms with Gasteiger partial charge in [0.05, 0.1) is 5.69 Å². The largest absolute Gasteiger partial charge is 0.322 e. The molecule has 0 saturated heterocycles. The summed E-state index contributed by atoms with van der Waals surface area (Å²) in [5.74, 6) is -2.79. The number of carbonyl (C=O) groups excluding carboxylic acids is 2. The highest BCUT2D eigenvalue weighted by Gasteiger charge is 2.29. The van der Waals surface area contributed by atoms with E-state index in [4.69, 9.17) is 0 Å². The lowest BCUT2D eigenvalue weighted by atomic mass is 9.99. The molecule has 1 saturated carbocycles. The first kappa shape index (κ1) is 25.2. The van der Waals surface area contributed by atoms with Crippen LogP contribution in [0.2, 0.25) is 0 Å². The number of hydrogen-bond donors (Lipinski definition) is 2. The molecule has 8 heteroatoms. The Balaban J connectivity index is 1.36. The van der Waals surface area contributed by atoms with E-state index >= 15 is 0 Å². The maximum Gasteiger partial charge on any atom is 0.270 e. The zero-order chi connectivity index (χ0) is 26.9. The van der Waals surface area contributed by atoms with E-state index in [0.717, 1.165) is 42.0 Å². The number of amides is 2. The molecular formula is C30H26F2N4O2. The van der Waals surface area contributed by atoms with E-state index in [2.05, 4.69) is 20.6 Å². The number of halogens is 2. The van der Waals surface area contributed by atoms with Crippen LogP contribution in [-0.4, -0.2) is 21.8 Å². The van der Waals surface area contributed by atoms with Gasteiger partial charge in [-0.1, -0.05) is 18.2 Å². The van der Waals surface area contributed by atoms with Crippen LogP contribution in [0, 0.1) is 12.8 Å². The van der Waals surface area contributed by atoms with Crippen molar-refractivity contribution in [2.75, 3.05) is 10.6 Å². The molecule has 4 aromatic rings. The molecule has 2 aromatic heterocycles. The van der Waals surface area contributed by atoms with Crippen LogP contribution >= 0.6 is 0 Å². The Kier molecular flexibility index (Phi) is 6.72. The lowest BCUT2D eigenvalue weighted by molar-refractivity contribution is -0.117. The number of carbonyl (C=O) groups is 2. The zero-order valence-electron chi connectivity index (χ0n) is 21.0. The molecule has 0 spiro atoms. The molecule has 1 aliphatic rings. The maximum atomic E-state index is 13.5. The third kappa shape index (κ3) is 5.75. The van der Waals surface area contributed by atoms with Gasteiger partial charge in [0.25, 0.3) is 11.8 Å². The molecule has 6 nitrogen and oxygen atoms in total. The summed E-state index contributed by atoms with van der Waals surface area (Å²) in [6, 6.07) is 18.3. The zero-order valence-corrected chi connectivity index (χ0v) is 21.0. The third-order valence-corrected chi connectivity index (χ3v) is 6.48. The van der Waals surface area contributed by atoms with Gasteiger partial charge in [-0.05, 0) is 85.0 Å². The van der Waals surface area contributed by atoms with Crippen molar-refractivity contribution in [1.29, 1.82) is 0 Å². The smallest absolute Gasteiger partial charge is 0.270 e. The number of hydrogen-bond acceptors (Lipinski definition) is 4. The van der Waals surface area contributed by atoms with Crippen LogP contribution in [0.3, 0.4) is 0 Å². The second-order valence-electron chi connectivity index (χ2n) is 9.57. The molecule has 0 atom stereocenters. The Morgan fingerprint density at radius 2 is 1.58 bits per heavy atom. The van der Waals surface area contributed by atoms with Crippen molar-refractivity contribution in [3.63, 3.8) is 0 Å². The molecule has 0 unspecified atom stereocenters. The van der Waals surface area contributed by atoms with Crippen molar-refractivity contribution in [3.8, 4) is 22.4 Å². The topological polar surface area (TPSA) is 84.0 Å². The van der Waals surface area contributed by atoms with Gasteiger partial charge >= 0.3 is 0 Å². The molecule has 0 aliphatic heterocycles. The summed E-state index contributed by atoms with van der Waals surface area (Å²) in [5, 5.41) is 5.71. The number of benzene rings is 2. The molecule has 5 rings (SSSR count). The monoisotopic (exact) mass is 512 g/mol. The van der Waals surface area contributed by atoms with E-state index in [1.807, 2.05) is 37.3 Å². The highest BCUT2D eigenvalue weighted by atomic mass is 19.3. The number of nitrogens with one attached hydrogen (secondary N) is 2. The van der Waals surface area contributed by atoms with Crippen molar-refractivity contribution in [2.45, 2.75) is 32.6 Å². The van der Waals surface area contributed by atoms with E-state index in [-0.39, 0.29) is 23.0 Å². The molecule has 0 bridgehead atoms. The fourth-order valence-electron chi connectivity index (χ4n) is 4.12. The molecule has 0 radical (unpaired) electrons. The number of aryl methyl sites for hydroxylation is 1. The normalized spacial score (nSPS) is 13.2. The molecule has 1 fully saturated rings. The average molecular weight is 513 g/mol. The van der Waals surface area contributed by atoms with Gasteiger partial charge < -0.3 is 10.6 Å². The van der Waals surface area contributed by atoms with Crippen LogP contribution in [0.25, 0.3) is 22.4 Å². The van der Waals surface area contributed by atoms with Crippen molar-refractivity contribution >= 4 is 23.3 Å². The Morgan fingerprint density at radius 3 is 2.29 bits per heavy atom. The number of pyridine rings is 2. The van der Waals surface area contributed by atoms with Crippen LogP contribution in [0.5, 0.6) is 0 Å². The van der Waals surface area contributed by atoms with Crippen LogP contribution in [0.15, 0.2) is 79.1 Å². The van der Waals surface area contributed by atoms with E-state index in [1.165, 1.54) is 24.3 Å². The number of alkyl halides is 2. The lowest BCUT2D eigenvalue weighted by Gasteiger charge is -2.13. The van der Waals surface area contributed by atoms with Gasteiger partial charge in [-0.3, -0.25) is 14.6 Å². The van der Waals surface area contributed by atoms with E-state index in [9.17, 15) is 18.4 Å². The van der Waals surface area contributed by atoms with Crippen molar-refractivity contribution in [2.24, 2.45) is 5.92 Å². The third-order valence-electron chi connectivity index (χ3n) is 6.48. The SMILES string of the molecule is Cc1ccc(NC(=O)c2ccc(C(C)(F)F)cc2)cc1-c1ccnc(-c2ccnc(NC(=O)C3CC3)c2)c1. The fourth-order valence-corrected chi connectivity index (χ4v) is 4.12. The minimum atomic E-state index is -2.97. The van der Waals surface area contributed by atoms with Crippen LogP contribution in [0.4, 0.5) is 20.3 Å². The average Bonchev–Trinajstić information content (AvgIpc) is 3.75. The standard InChI is InChI=1S/C30H26F2N4O2/c1-18-3-10-24(35-28(37)20-6-8-23(9-7-20)30(2,31)32)17-25(18)21-11-13-33-26(15-21)22-12-14-34-27(16-22)36-29(38)19-4-5-19/h3,6-17,19H,4-5H2,1-2H3,(H,35,37)(H,34,36,38). The van der Waals surface area contributed by atoms with Gasteiger partial charge in [-0.2, -0.15) is 0 Å². The Hall–Kier alpha value is -4.46. The minimum absolute atomic E-state index is 0.00917. The fraction of sp³-hybridized carbons (Fsp3) is 0.200. The Morgan fingerprint density at radius 1 is 0.868 bits per heavy atom. The van der Waals surface area contributed by atoms with Crippen LogP contribution in [0.1, 0.15) is 41.3 Å². The summed E-state index contributed by atoms with van der Waals surface area (Å²) < 4.78 is 27.0. The van der Waals surface area contributed by atoms with E-state index < -0.39 is 11.8 Å². The summed E-state index contributed by atoms with van der Waals surface area (Å²) >= 11 is 0. The maximum absolute atomic E-state index is 13.5. The predicted molar refractivity (Wildman–Crippen MR) is 143 cm³/mol. The van der Waals surface area contributed by atoms with Gasteiger partial charge in [0, 0.05) is 47.6 Å². The van der Waals surface area contributed by atoms with E-state index in [0.29, 0.717) is 17.2 Å². The Bertz CT molecular complexity index is 1510. The van der Waals surface area contributed by atoms with Crippen LogP contribution < -0.4 is 10.6 Å². The summed E-state index contributed by atoms with van der Waals surface area (Å²) in [6.45, 7) is 2.80. The molecule has 2 N–H and O–H groups in total. The molecule has 2 amide bonds. The first-order valence-electron chi connectivity index (χ1n) is 12.3. The first-order chi connectivity index (χ1) is 18.2. The second kappa shape index (κ2) is 10.1. The number of nitrogens with zero attached hydrogens (tertiary/aromatic N) is 2. The first-order valence-corrected chi connectivity index (χ1v) is 12.3. The van der Waals surface area contributed by atoms with Gasteiger partial charge in [-0.25, -0.2) is 13.8 Å². The quantitative estimate of drug-likeness (QED) is 0.284. The van der Waals surface area contributed by atoms with Crippen molar-refractivity contribution in [3.05, 3.63) is 95.8 Å². The minimum Gasteiger partial charge on any atom is -0.322 e. The van der Waals surface area contributed by atoms with Gasteiger partial charge in [0.15, 0.2) is 0 Å². The molecule has 192 valence electrons. The Labute approximate surface area is 219 Å². The number of anilines is 2. The van der Waals surface area contributed by atoms with Crippen molar-refractivity contribution in [1.82, 2.24) is 9.97 Å². The summed E-state index contributed by atoms with van der Waals surface area (Å²) in [6.07, 6.45) is 5.18. The molecular weight excluding hydrogens is 486 g/mol. The molecule has 38 heavy (non-hydrogen) atoms. The summed E-state index contributed by atoms with van der Waals surface area (Å²) in [7, 11) is 0. The highest BCUT2D eigenvalue weighted by Crippen LogP contribution is 2.32. The van der Waals surface area contributed by atoms with Crippen molar-refractivity contribution < 1.29 is 18.4 Å². The van der Waals surface area contributed by atoms with Gasteiger partial charge in [0.1, 0.15) is 5.82 Å². The lowest BCUT2D eigenvalue weighted by Crippen LogP contribution is -2.14. The van der Waals surface area contributed by atoms with Gasteiger partial charge in [0.2, 0.25) is 5.91 Å². The van der Waals surface area contributed by atoms with E-state index in [1.54, 1.807) is 24.5 Å². The highest BCUT2D eigenvalue weighted by molar-refractivity contribution is 6.04. The molecule has 2 heterocycles. The van der Waals surface area contributed by atoms with Crippen LogP contribution in [-0.2, 0) is 10.7 Å². The predicted octanol–water partition coefficient (Wildman–Crippen LogP) is 6.83. The molecule has 1 aliphatic carbocycles. The summed E-state index contributed by atoms with van der Waals surface area (Å²) in [4.78, 5) is 33.6. The number of aromatic nitrogens is 2.